The van der Waals surface area contributed by atoms with Gasteiger partial charge in [0, 0.05) is 24.2 Å². The van der Waals surface area contributed by atoms with Gasteiger partial charge in [0.25, 0.3) is 0 Å². The summed E-state index contributed by atoms with van der Waals surface area (Å²) in [6.45, 7) is 5.23. The molecule has 88 valence electrons. The topological polar surface area (TPSA) is 29.3 Å². The van der Waals surface area contributed by atoms with Crippen molar-refractivity contribution in [1.29, 1.82) is 0 Å². The molecule has 2 nitrogen and oxygen atoms in total. The quantitative estimate of drug-likeness (QED) is 0.856. The van der Waals surface area contributed by atoms with E-state index in [1.54, 1.807) is 0 Å². The van der Waals surface area contributed by atoms with E-state index in [0.717, 1.165) is 12.3 Å². The second kappa shape index (κ2) is 4.68. The summed E-state index contributed by atoms with van der Waals surface area (Å²) in [6.07, 6.45) is 0. The predicted octanol–water partition coefficient (Wildman–Crippen LogP) is 2.68. The number of anilines is 1. The van der Waals surface area contributed by atoms with Crippen LogP contribution in [0.15, 0.2) is 23.1 Å². The first-order valence-corrected chi connectivity index (χ1v) is 6.82. The molecule has 0 bridgehead atoms. The summed E-state index contributed by atoms with van der Waals surface area (Å²) in [5.41, 5.74) is 8.65. The minimum atomic E-state index is 0.470. The van der Waals surface area contributed by atoms with Gasteiger partial charge in [-0.15, -0.1) is 11.8 Å². The number of nitrogens with zero attached hydrogens (tertiary/aromatic N) is 1. The van der Waals surface area contributed by atoms with E-state index in [2.05, 4.69) is 44.0 Å². The molecular weight excluding hydrogens is 216 g/mol. The average Bonchev–Trinajstić information content (AvgIpc) is 2.29. The van der Waals surface area contributed by atoms with Crippen molar-refractivity contribution in [3.8, 4) is 0 Å². The lowest BCUT2D eigenvalue weighted by molar-refractivity contribution is 0.682. The van der Waals surface area contributed by atoms with Crippen molar-refractivity contribution >= 4 is 17.4 Å². The molecule has 1 aromatic rings. The Morgan fingerprint density at radius 2 is 2.25 bits per heavy atom. The normalized spacial score (nSPS) is 20.1. The van der Waals surface area contributed by atoms with Crippen molar-refractivity contribution in [2.75, 3.05) is 24.2 Å². The fraction of sp³-hybridized carbons (Fsp3) is 0.538. The lowest BCUT2D eigenvalue weighted by Crippen LogP contribution is -2.42. The van der Waals surface area contributed by atoms with E-state index in [4.69, 9.17) is 5.73 Å². The first-order chi connectivity index (χ1) is 7.65. The first-order valence-electron chi connectivity index (χ1n) is 5.83. The lowest BCUT2D eigenvalue weighted by atomic mass is 9.99. The second-order valence-corrected chi connectivity index (χ2v) is 5.72. The Labute approximate surface area is 102 Å². The molecular formula is C13H20N2S. The second-order valence-electron chi connectivity index (χ2n) is 4.66. The van der Waals surface area contributed by atoms with Gasteiger partial charge in [0.2, 0.25) is 0 Å². The van der Waals surface area contributed by atoms with Gasteiger partial charge in [0.05, 0.1) is 11.7 Å². The maximum absolute atomic E-state index is 5.82. The Kier molecular flexibility index (Phi) is 3.45. The smallest absolute Gasteiger partial charge is 0.0540 e. The SMILES string of the molecule is CC(C)c1cccc2c1N(C)C(CN)CS2. The third kappa shape index (κ3) is 1.94. The summed E-state index contributed by atoms with van der Waals surface area (Å²) in [5.74, 6) is 1.66. The van der Waals surface area contributed by atoms with Gasteiger partial charge in [-0.3, -0.25) is 0 Å². The highest BCUT2D eigenvalue weighted by atomic mass is 32.2. The molecule has 1 aliphatic heterocycles. The van der Waals surface area contributed by atoms with Crippen molar-refractivity contribution in [2.45, 2.75) is 30.7 Å². The lowest BCUT2D eigenvalue weighted by Gasteiger charge is -2.37. The molecule has 0 aromatic heterocycles. The predicted molar refractivity (Wildman–Crippen MR) is 72.5 cm³/mol. The van der Waals surface area contributed by atoms with E-state index in [-0.39, 0.29) is 0 Å². The van der Waals surface area contributed by atoms with E-state index in [1.807, 2.05) is 11.8 Å². The molecule has 3 heteroatoms. The number of thioether (sulfide) groups is 1. The number of nitrogens with two attached hydrogens (primary N) is 1. The summed E-state index contributed by atoms with van der Waals surface area (Å²) in [5, 5.41) is 0. The number of fused-ring (bicyclic) bond motifs is 1. The Morgan fingerprint density at radius 3 is 2.88 bits per heavy atom. The van der Waals surface area contributed by atoms with E-state index < -0.39 is 0 Å². The van der Waals surface area contributed by atoms with Crippen molar-refractivity contribution in [3.05, 3.63) is 23.8 Å². The zero-order valence-corrected chi connectivity index (χ0v) is 11.1. The Morgan fingerprint density at radius 1 is 1.50 bits per heavy atom. The minimum absolute atomic E-state index is 0.470. The number of benzene rings is 1. The highest BCUT2D eigenvalue weighted by molar-refractivity contribution is 7.99. The molecule has 16 heavy (non-hydrogen) atoms. The molecule has 1 heterocycles. The standard InChI is InChI=1S/C13H20N2S/c1-9(2)11-5-4-6-12-13(11)15(3)10(7-14)8-16-12/h4-6,9-10H,7-8,14H2,1-3H3. The zero-order chi connectivity index (χ0) is 11.7. The molecule has 1 aromatic carbocycles. The van der Waals surface area contributed by atoms with Crippen LogP contribution in [-0.2, 0) is 0 Å². The minimum Gasteiger partial charge on any atom is -0.368 e. The van der Waals surface area contributed by atoms with Gasteiger partial charge < -0.3 is 10.6 Å². The van der Waals surface area contributed by atoms with Gasteiger partial charge in [-0.25, -0.2) is 0 Å². The maximum Gasteiger partial charge on any atom is 0.0540 e. The summed E-state index contributed by atoms with van der Waals surface area (Å²) >= 11 is 1.94. The molecule has 0 saturated carbocycles. The van der Waals surface area contributed by atoms with Gasteiger partial charge in [-0.1, -0.05) is 26.0 Å². The number of para-hydroxylation sites is 1. The van der Waals surface area contributed by atoms with E-state index in [9.17, 15) is 0 Å². The summed E-state index contributed by atoms with van der Waals surface area (Å²) < 4.78 is 0. The third-order valence-electron chi connectivity index (χ3n) is 3.26. The third-order valence-corrected chi connectivity index (χ3v) is 4.45. The molecule has 0 spiro atoms. The van der Waals surface area contributed by atoms with Crippen molar-refractivity contribution in [3.63, 3.8) is 0 Å². The van der Waals surface area contributed by atoms with Crippen molar-refractivity contribution in [2.24, 2.45) is 5.73 Å². The molecule has 1 aliphatic rings. The fourth-order valence-corrected chi connectivity index (χ4v) is 3.51. The monoisotopic (exact) mass is 236 g/mol. The van der Waals surface area contributed by atoms with E-state index in [1.165, 1.54) is 16.1 Å². The number of rotatable bonds is 2. The van der Waals surface area contributed by atoms with Crippen LogP contribution in [0.1, 0.15) is 25.3 Å². The number of likely N-dealkylation sites (N-methyl/N-ethyl adjacent to an activating group) is 1. The zero-order valence-electron chi connectivity index (χ0n) is 10.2. The van der Waals surface area contributed by atoms with Gasteiger partial charge >= 0.3 is 0 Å². The van der Waals surface area contributed by atoms with Gasteiger partial charge in [0.1, 0.15) is 0 Å². The number of hydrogen-bond acceptors (Lipinski definition) is 3. The van der Waals surface area contributed by atoms with Crippen LogP contribution in [0, 0.1) is 0 Å². The molecule has 0 radical (unpaired) electrons. The van der Waals surface area contributed by atoms with Crippen LogP contribution >= 0.6 is 11.8 Å². The molecule has 0 aliphatic carbocycles. The molecule has 0 saturated heterocycles. The molecule has 2 rings (SSSR count). The van der Waals surface area contributed by atoms with Gasteiger partial charge in [-0.05, 0) is 17.5 Å². The number of hydrogen-bond donors (Lipinski definition) is 1. The van der Waals surface area contributed by atoms with Crippen LogP contribution in [0.5, 0.6) is 0 Å². The fourth-order valence-electron chi connectivity index (χ4n) is 2.21. The van der Waals surface area contributed by atoms with Gasteiger partial charge in [-0.2, -0.15) is 0 Å². The molecule has 1 unspecified atom stereocenters. The van der Waals surface area contributed by atoms with Crippen LogP contribution in [0.2, 0.25) is 0 Å². The van der Waals surface area contributed by atoms with E-state index >= 15 is 0 Å². The Hall–Kier alpha value is -0.670. The molecule has 0 fully saturated rings. The first kappa shape index (κ1) is 11.8. The Balaban J connectivity index is 2.47. The van der Waals surface area contributed by atoms with Crippen molar-refractivity contribution in [1.82, 2.24) is 0 Å². The van der Waals surface area contributed by atoms with Crippen LogP contribution in [0.4, 0.5) is 5.69 Å². The highest BCUT2D eigenvalue weighted by Crippen LogP contribution is 2.41. The molecule has 1 atom stereocenters. The summed E-state index contributed by atoms with van der Waals surface area (Å²) in [6, 6.07) is 7.09. The maximum atomic E-state index is 5.82. The summed E-state index contributed by atoms with van der Waals surface area (Å²) in [4.78, 5) is 3.76. The largest absolute Gasteiger partial charge is 0.368 e. The van der Waals surface area contributed by atoms with Crippen LogP contribution in [-0.4, -0.2) is 25.4 Å². The van der Waals surface area contributed by atoms with Gasteiger partial charge in [0.15, 0.2) is 0 Å². The van der Waals surface area contributed by atoms with Crippen LogP contribution in [0.3, 0.4) is 0 Å². The summed E-state index contributed by atoms with van der Waals surface area (Å²) in [7, 11) is 2.17. The Bertz CT molecular complexity index is 376. The van der Waals surface area contributed by atoms with Crippen LogP contribution in [0.25, 0.3) is 0 Å². The van der Waals surface area contributed by atoms with E-state index in [0.29, 0.717) is 12.0 Å². The van der Waals surface area contributed by atoms with Crippen LogP contribution < -0.4 is 10.6 Å². The highest BCUT2D eigenvalue weighted by Gasteiger charge is 2.25. The molecule has 0 amide bonds. The van der Waals surface area contributed by atoms with Crippen molar-refractivity contribution < 1.29 is 0 Å². The molecule has 2 N–H and O–H groups in total. The average molecular weight is 236 g/mol.